The van der Waals surface area contributed by atoms with E-state index in [0.717, 1.165) is 11.3 Å². The molecular formula is C16H18N4O4. The van der Waals surface area contributed by atoms with Gasteiger partial charge in [0.15, 0.2) is 0 Å². The summed E-state index contributed by atoms with van der Waals surface area (Å²) in [5.74, 6) is -1.08. The van der Waals surface area contributed by atoms with Crippen LogP contribution in [0.3, 0.4) is 0 Å². The van der Waals surface area contributed by atoms with Crippen molar-refractivity contribution in [3.05, 3.63) is 29.3 Å². The third-order valence-corrected chi connectivity index (χ3v) is 4.26. The first-order chi connectivity index (χ1) is 11.5. The number of nitrogens with one attached hydrogen (secondary N) is 3. The maximum absolute atomic E-state index is 12.5. The lowest BCUT2D eigenvalue weighted by atomic mass is 10.0. The van der Waals surface area contributed by atoms with E-state index in [0.29, 0.717) is 18.5 Å². The Kier molecular flexibility index (Phi) is 4.20. The zero-order chi connectivity index (χ0) is 17.3. The zero-order valence-corrected chi connectivity index (χ0v) is 13.2. The van der Waals surface area contributed by atoms with Gasteiger partial charge in [-0.1, -0.05) is 0 Å². The largest absolute Gasteiger partial charge is 0.376 e. The second-order valence-corrected chi connectivity index (χ2v) is 5.80. The highest BCUT2D eigenvalue weighted by atomic mass is 16.2. The first-order valence-corrected chi connectivity index (χ1v) is 7.71. The lowest BCUT2D eigenvalue weighted by molar-refractivity contribution is -0.137. The van der Waals surface area contributed by atoms with Crippen LogP contribution in [0.2, 0.25) is 0 Å². The molecule has 8 nitrogen and oxygen atoms in total. The fourth-order valence-corrected chi connectivity index (χ4v) is 2.96. The van der Waals surface area contributed by atoms with E-state index in [1.54, 1.807) is 19.2 Å². The molecular weight excluding hydrogens is 312 g/mol. The molecule has 0 saturated carbocycles. The highest BCUT2D eigenvalue weighted by molar-refractivity contribution is 6.05. The molecule has 1 unspecified atom stereocenters. The number of benzene rings is 1. The summed E-state index contributed by atoms with van der Waals surface area (Å²) in [7, 11) is 1.56. The predicted octanol–water partition coefficient (Wildman–Crippen LogP) is -0.394. The third-order valence-electron chi connectivity index (χ3n) is 4.26. The van der Waals surface area contributed by atoms with Crippen LogP contribution >= 0.6 is 0 Å². The van der Waals surface area contributed by atoms with E-state index in [1.165, 1.54) is 4.90 Å². The molecule has 8 heteroatoms. The van der Waals surface area contributed by atoms with Gasteiger partial charge in [0.2, 0.25) is 17.7 Å². The molecule has 0 spiro atoms. The lowest BCUT2D eigenvalue weighted by Gasteiger charge is -2.29. The first-order valence-electron chi connectivity index (χ1n) is 7.71. The Balaban J connectivity index is 1.74. The molecule has 24 heavy (non-hydrogen) atoms. The van der Waals surface area contributed by atoms with Gasteiger partial charge in [0.25, 0.3) is 5.91 Å². The van der Waals surface area contributed by atoms with Crippen molar-refractivity contribution >= 4 is 29.3 Å². The fraction of sp³-hybridized carbons (Fsp3) is 0.375. The SMILES string of the molecule is CNC(=O)CNc1ccc2c(c1)CN(C1CCC(=O)NC1=O)C2=O. The highest BCUT2D eigenvalue weighted by Crippen LogP contribution is 2.29. The van der Waals surface area contributed by atoms with Crippen molar-refractivity contribution in [1.29, 1.82) is 0 Å². The van der Waals surface area contributed by atoms with Crippen LogP contribution in [0.25, 0.3) is 0 Å². The number of hydrogen-bond acceptors (Lipinski definition) is 5. The molecule has 0 radical (unpaired) electrons. The van der Waals surface area contributed by atoms with E-state index < -0.39 is 11.9 Å². The second kappa shape index (κ2) is 6.31. The third kappa shape index (κ3) is 2.94. The van der Waals surface area contributed by atoms with Gasteiger partial charge in [-0.2, -0.15) is 0 Å². The van der Waals surface area contributed by atoms with Crippen LogP contribution in [0.15, 0.2) is 18.2 Å². The number of carbonyl (C=O) groups is 4. The Morgan fingerprint density at radius 2 is 2.12 bits per heavy atom. The monoisotopic (exact) mass is 330 g/mol. The van der Waals surface area contributed by atoms with E-state index in [9.17, 15) is 19.2 Å². The number of hydrogen-bond donors (Lipinski definition) is 3. The van der Waals surface area contributed by atoms with Gasteiger partial charge in [-0.25, -0.2) is 0 Å². The molecule has 4 amide bonds. The Morgan fingerprint density at radius 1 is 1.33 bits per heavy atom. The molecule has 1 saturated heterocycles. The number of imide groups is 1. The van der Waals surface area contributed by atoms with Crippen molar-refractivity contribution in [2.45, 2.75) is 25.4 Å². The van der Waals surface area contributed by atoms with Crippen LogP contribution in [0, 0.1) is 0 Å². The average molecular weight is 330 g/mol. The standard InChI is InChI=1S/C16H18N4O4/c1-17-14(22)7-18-10-2-3-11-9(6-10)8-20(16(11)24)12-4-5-13(21)19-15(12)23/h2-3,6,12,18H,4-5,7-8H2,1H3,(H,17,22)(H,19,21,23). The number of fused-ring (bicyclic) bond motifs is 1. The molecule has 0 aliphatic carbocycles. The molecule has 1 fully saturated rings. The minimum absolute atomic E-state index is 0.139. The molecule has 0 aromatic heterocycles. The number of rotatable bonds is 4. The number of piperidine rings is 1. The Bertz CT molecular complexity index is 731. The first kappa shape index (κ1) is 16.0. The van der Waals surface area contributed by atoms with Gasteiger partial charge < -0.3 is 15.5 Å². The maximum atomic E-state index is 12.5. The maximum Gasteiger partial charge on any atom is 0.255 e. The summed E-state index contributed by atoms with van der Waals surface area (Å²) in [6, 6.07) is 4.61. The van der Waals surface area contributed by atoms with E-state index in [-0.39, 0.29) is 30.7 Å². The number of nitrogens with zero attached hydrogens (tertiary/aromatic N) is 1. The predicted molar refractivity (Wildman–Crippen MR) is 85.0 cm³/mol. The van der Waals surface area contributed by atoms with Crippen molar-refractivity contribution in [1.82, 2.24) is 15.5 Å². The molecule has 126 valence electrons. The summed E-state index contributed by atoms with van der Waals surface area (Å²) in [5.41, 5.74) is 2.08. The van der Waals surface area contributed by atoms with Gasteiger partial charge in [0.05, 0.1) is 6.54 Å². The second-order valence-electron chi connectivity index (χ2n) is 5.80. The van der Waals surface area contributed by atoms with Crippen LogP contribution in [0.4, 0.5) is 5.69 Å². The summed E-state index contributed by atoms with van der Waals surface area (Å²) < 4.78 is 0. The highest BCUT2D eigenvalue weighted by Gasteiger charge is 2.39. The van der Waals surface area contributed by atoms with Crippen LogP contribution in [-0.2, 0) is 20.9 Å². The van der Waals surface area contributed by atoms with E-state index in [4.69, 9.17) is 0 Å². The molecule has 1 aromatic rings. The summed E-state index contributed by atoms with van der Waals surface area (Å²) in [6.45, 7) is 0.454. The van der Waals surface area contributed by atoms with Crippen molar-refractivity contribution in [3.63, 3.8) is 0 Å². The summed E-state index contributed by atoms with van der Waals surface area (Å²) in [5, 5.41) is 7.78. The normalized spacial score (nSPS) is 19.8. The summed E-state index contributed by atoms with van der Waals surface area (Å²) in [6.07, 6.45) is 0.571. The van der Waals surface area contributed by atoms with Gasteiger partial charge in [0, 0.05) is 31.3 Å². The molecule has 1 aromatic carbocycles. The van der Waals surface area contributed by atoms with Gasteiger partial charge in [0.1, 0.15) is 6.04 Å². The van der Waals surface area contributed by atoms with Crippen molar-refractivity contribution < 1.29 is 19.2 Å². The Labute approximate surface area is 138 Å². The molecule has 1 atom stereocenters. The van der Waals surface area contributed by atoms with Crippen LogP contribution < -0.4 is 16.0 Å². The van der Waals surface area contributed by atoms with Gasteiger partial charge >= 0.3 is 0 Å². The number of carbonyl (C=O) groups excluding carboxylic acids is 4. The van der Waals surface area contributed by atoms with E-state index in [2.05, 4.69) is 16.0 Å². The molecule has 2 heterocycles. The molecule has 2 aliphatic heterocycles. The van der Waals surface area contributed by atoms with Gasteiger partial charge in [-0.05, 0) is 30.2 Å². The lowest BCUT2D eigenvalue weighted by Crippen LogP contribution is -2.52. The van der Waals surface area contributed by atoms with Gasteiger partial charge in [-0.3, -0.25) is 24.5 Å². The smallest absolute Gasteiger partial charge is 0.255 e. The van der Waals surface area contributed by atoms with Crippen LogP contribution in [0.5, 0.6) is 0 Å². The van der Waals surface area contributed by atoms with Crippen LogP contribution in [0.1, 0.15) is 28.8 Å². The average Bonchev–Trinajstić information content (AvgIpc) is 2.89. The molecule has 3 rings (SSSR count). The topological polar surface area (TPSA) is 108 Å². The van der Waals surface area contributed by atoms with E-state index >= 15 is 0 Å². The van der Waals surface area contributed by atoms with Crippen LogP contribution in [-0.4, -0.2) is 48.2 Å². The van der Waals surface area contributed by atoms with Gasteiger partial charge in [-0.15, -0.1) is 0 Å². The number of likely N-dealkylation sites (N-methyl/N-ethyl adjacent to an activating group) is 1. The van der Waals surface area contributed by atoms with Crippen molar-refractivity contribution in [3.8, 4) is 0 Å². The molecule has 0 bridgehead atoms. The number of amides is 4. The minimum atomic E-state index is -0.620. The van der Waals surface area contributed by atoms with Crippen molar-refractivity contribution in [2.24, 2.45) is 0 Å². The summed E-state index contributed by atoms with van der Waals surface area (Å²) >= 11 is 0. The zero-order valence-electron chi connectivity index (χ0n) is 13.2. The minimum Gasteiger partial charge on any atom is -0.376 e. The number of anilines is 1. The Hall–Kier alpha value is -2.90. The Morgan fingerprint density at radius 3 is 2.83 bits per heavy atom. The fourth-order valence-electron chi connectivity index (χ4n) is 2.96. The van der Waals surface area contributed by atoms with Crippen molar-refractivity contribution in [2.75, 3.05) is 18.9 Å². The quantitative estimate of drug-likeness (QED) is 0.652. The molecule has 2 aliphatic rings. The summed E-state index contributed by atoms with van der Waals surface area (Å²) in [4.78, 5) is 48.5. The molecule has 3 N–H and O–H groups in total. The van der Waals surface area contributed by atoms with E-state index in [1.807, 2.05) is 6.07 Å².